The van der Waals surface area contributed by atoms with E-state index >= 15 is 0 Å². The van der Waals surface area contributed by atoms with E-state index in [9.17, 15) is 9.59 Å². The van der Waals surface area contributed by atoms with Gasteiger partial charge in [0.05, 0.1) is 19.7 Å². The molecule has 7 heteroatoms. The molecule has 0 saturated carbocycles. The minimum absolute atomic E-state index is 0.0667. The van der Waals surface area contributed by atoms with Crippen molar-refractivity contribution in [2.45, 2.75) is 25.7 Å². The minimum Gasteiger partial charge on any atom is -0.493 e. The summed E-state index contributed by atoms with van der Waals surface area (Å²) in [7, 11) is 3.11. The van der Waals surface area contributed by atoms with Crippen LogP contribution in [0, 0.1) is 0 Å². The standard InChI is InChI=1S/C22H25N3O4/c1-28-19-12-17-11-16(22(27)25-18(17)13-20(19)29-2)7-8-21(26)24-10-4-6-15-5-3-9-23-14-15/h3,5,9,11-14H,4,6-8,10H2,1-2H3,(H,24,26)(H,25,27). The second-order valence-corrected chi connectivity index (χ2v) is 6.73. The van der Waals surface area contributed by atoms with Crippen LogP contribution in [0.15, 0.2) is 47.5 Å². The fourth-order valence-electron chi connectivity index (χ4n) is 3.17. The first-order valence-corrected chi connectivity index (χ1v) is 9.54. The van der Waals surface area contributed by atoms with Crippen molar-refractivity contribution >= 4 is 16.8 Å². The van der Waals surface area contributed by atoms with Gasteiger partial charge >= 0.3 is 0 Å². The van der Waals surface area contributed by atoms with Crippen molar-refractivity contribution in [2.75, 3.05) is 20.8 Å². The lowest BCUT2D eigenvalue weighted by Crippen LogP contribution is -2.26. The Morgan fingerprint density at radius 1 is 1.14 bits per heavy atom. The van der Waals surface area contributed by atoms with Crippen LogP contribution in [-0.2, 0) is 17.6 Å². The molecule has 0 fully saturated rings. The molecule has 1 aromatic carbocycles. The number of aromatic amines is 1. The Morgan fingerprint density at radius 2 is 1.93 bits per heavy atom. The van der Waals surface area contributed by atoms with Crippen LogP contribution in [0.5, 0.6) is 11.5 Å². The van der Waals surface area contributed by atoms with Gasteiger partial charge < -0.3 is 19.8 Å². The van der Waals surface area contributed by atoms with Crippen LogP contribution in [0.4, 0.5) is 0 Å². The number of pyridine rings is 2. The van der Waals surface area contributed by atoms with E-state index in [0.29, 0.717) is 35.5 Å². The monoisotopic (exact) mass is 395 g/mol. The number of methoxy groups -OCH3 is 2. The van der Waals surface area contributed by atoms with Gasteiger partial charge in [0.25, 0.3) is 5.56 Å². The normalized spacial score (nSPS) is 10.7. The number of ether oxygens (including phenoxy) is 2. The summed E-state index contributed by atoms with van der Waals surface area (Å²) in [4.78, 5) is 31.4. The molecule has 1 amide bonds. The molecule has 0 atom stereocenters. The van der Waals surface area contributed by atoms with Crippen LogP contribution in [0.3, 0.4) is 0 Å². The first-order chi connectivity index (χ1) is 14.1. The third-order valence-corrected chi connectivity index (χ3v) is 4.73. The number of hydrogen-bond donors (Lipinski definition) is 2. The lowest BCUT2D eigenvalue weighted by molar-refractivity contribution is -0.121. The molecule has 0 radical (unpaired) electrons. The Bertz CT molecular complexity index is 1030. The van der Waals surface area contributed by atoms with E-state index in [4.69, 9.17) is 9.47 Å². The van der Waals surface area contributed by atoms with E-state index in [0.717, 1.165) is 23.8 Å². The number of carbonyl (C=O) groups is 1. The Hall–Kier alpha value is -3.35. The van der Waals surface area contributed by atoms with E-state index in [1.54, 1.807) is 32.5 Å². The van der Waals surface area contributed by atoms with Gasteiger partial charge in [0.2, 0.25) is 5.91 Å². The Labute approximate surface area is 169 Å². The average molecular weight is 395 g/mol. The van der Waals surface area contributed by atoms with Crippen LogP contribution >= 0.6 is 0 Å². The lowest BCUT2D eigenvalue weighted by atomic mass is 10.1. The zero-order valence-corrected chi connectivity index (χ0v) is 16.7. The maximum absolute atomic E-state index is 12.4. The zero-order valence-electron chi connectivity index (χ0n) is 16.7. The quantitative estimate of drug-likeness (QED) is 0.543. The molecule has 2 N–H and O–H groups in total. The molecule has 2 heterocycles. The number of carbonyl (C=O) groups excluding carboxylic acids is 1. The molecule has 2 aromatic heterocycles. The Kier molecular flexibility index (Phi) is 6.84. The number of benzene rings is 1. The summed E-state index contributed by atoms with van der Waals surface area (Å²) >= 11 is 0. The average Bonchev–Trinajstić information content (AvgIpc) is 2.75. The van der Waals surface area contributed by atoms with E-state index < -0.39 is 0 Å². The number of aromatic nitrogens is 2. The summed E-state index contributed by atoms with van der Waals surface area (Å²) in [5.41, 5.74) is 2.18. The second-order valence-electron chi connectivity index (χ2n) is 6.73. The molecule has 7 nitrogen and oxygen atoms in total. The highest BCUT2D eigenvalue weighted by Crippen LogP contribution is 2.31. The maximum Gasteiger partial charge on any atom is 0.251 e. The molecule has 152 valence electrons. The summed E-state index contributed by atoms with van der Waals surface area (Å²) in [6, 6.07) is 9.26. The molecule has 0 spiro atoms. The molecular weight excluding hydrogens is 370 g/mol. The van der Waals surface area contributed by atoms with Gasteiger partial charge in [-0.1, -0.05) is 6.07 Å². The van der Waals surface area contributed by atoms with Crippen molar-refractivity contribution < 1.29 is 14.3 Å². The molecule has 0 aliphatic heterocycles. The van der Waals surface area contributed by atoms with Crippen LogP contribution in [0.1, 0.15) is 24.0 Å². The third-order valence-electron chi connectivity index (χ3n) is 4.73. The predicted molar refractivity (Wildman–Crippen MR) is 112 cm³/mol. The Balaban J connectivity index is 1.56. The first-order valence-electron chi connectivity index (χ1n) is 9.54. The van der Waals surface area contributed by atoms with Crippen LogP contribution < -0.4 is 20.3 Å². The summed E-state index contributed by atoms with van der Waals surface area (Å²) < 4.78 is 10.6. The highest BCUT2D eigenvalue weighted by atomic mass is 16.5. The molecular formula is C22H25N3O4. The number of rotatable bonds is 9. The minimum atomic E-state index is -0.200. The molecule has 3 rings (SSSR count). The number of aryl methyl sites for hydroxylation is 2. The van der Waals surface area contributed by atoms with Crippen molar-refractivity contribution in [1.82, 2.24) is 15.3 Å². The highest BCUT2D eigenvalue weighted by molar-refractivity contribution is 5.83. The van der Waals surface area contributed by atoms with E-state index in [1.165, 1.54) is 0 Å². The van der Waals surface area contributed by atoms with Gasteiger partial charge in [0, 0.05) is 42.4 Å². The smallest absolute Gasteiger partial charge is 0.251 e. The van der Waals surface area contributed by atoms with Crippen LogP contribution in [0.2, 0.25) is 0 Å². The fourth-order valence-corrected chi connectivity index (χ4v) is 3.17. The van der Waals surface area contributed by atoms with E-state index in [2.05, 4.69) is 15.3 Å². The number of amides is 1. The zero-order chi connectivity index (χ0) is 20.6. The molecule has 0 unspecified atom stereocenters. The molecule has 3 aromatic rings. The summed E-state index contributed by atoms with van der Waals surface area (Å²) in [5.74, 6) is 1.07. The lowest BCUT2D eigenvalue weighted by Gasteiger charge is -2.10. The van der Waals surface area contributed by atoms with Gasteiger partial charge in [0.15, 0.2) is 11.5 Å². The summed E-state index contributed by atoms with van der Waals surface area (Å²) in [6.45, 7) is 0.596. The number of nitrogens with zero attached hydrogens (tertiary/aromatic N) is 1. The highest BCUT2D eigenvalue weighted by Gasteiger charge is 2.10. The van der Waals surface area contributed by atoms with Crippen molar-refractivity contribution in [3.8, 4) is 11.5 Å². The summed E-state index contributed by atoms with van der Waals surface area (Å²) in [5, 5.41) is 3.73. The van der Waals surface area contributed by atoms with Gasteiger partial charge in [-0.15, -0.1) is 0 Å². The Morgan fingerprint density at radius 3 is 2.66 bits per heavy atom. The van der Waals surface area contributed by atoms with Crippen LogP contribution in [0.25, 0.3) is 10.9 Å². The molecule has 0 aliphatic carbocycles. The van der Waals surface area contributed by atoms with E-state index in [1.807, 2.05) is 24.4 Å². The topological polar surface area (TPSA) is 93.3 Å². The third kappa shape index (κ3) is 5.34. The van der Waals surface area contributed by atoms with Crippen molar-refractivity contribution in [3.05, 3.63) is 64.2 Å². The molecule has 0 saturated heterocycles. The largest absolute Gasteiger partial charge is 0.493 e. The summed E-state index contributed by atoms with van der Waals surface area (Å²) in [6.07, 6.45) is 5.91. The van der Waals surface area contributed by atoms with Gasteiger partial charge in [0.1, 0.15) is 0 Å². The van der Waals surface area contributed by atoms with Crippen molar-refractivity contribution in [3.63, 3.8) is 0 Å². The SMILES string of the molecule is COc1cc2cc(CCC(=O)NCCCc3cccnc3)c(=O)[nH]c2cc1OC. The maximum atomic E-state index is 12.4. The van der Waals surface area contributed by atoms with E-state index in [-0.39, 0.29) is 17.9 Å². The number of hydrogen-bond acceptors (Lipinski definition) is 5. The number of H-pyrrole nitrogens is 1. The van der Waals surface area contributed by atoms with Gasteiger partial charge in [-0.25, -0.2) is 0 Å². The molecule has 29 heavy (non-hydrogen) atoms. The second kappa shape index (κ2) is 9.73. The van der Waals surface area contributed by atoms with Gasteiger partial charge in [-0.05, 0) is 43.0 Å². The first kappa shape index (κ1) is 20.4. The fraction of sp³-hybridized carbons (Fsp3) is 0.318. The van der Waals surface area contributed by atoms with Crippen molar-refractivity contribution in [2.24, 2.45) is 0 Å². The molecule has 0 bridgehead atoms. The predicted octanol–water partition coefficient (Wildman–Crippen LogP) is 2.62. The van der Waals surface area contributed by atoms with Gasteiger partial charge in [-0.2, -0.15) is 0 Å². The number of fused-ring (bicyclic) bond motifs is 1. The van der Waals surface area contributed by atoms with Crippen molar-refractivity contribution in [1.29, 1.82) is 0 Å². The van der Waals surface area contributed by atoms with Gasteiger partial charge in [-0.3, -0.25) is 14.6 Å². The van der Waals surface area contributed by atoms with Crippen LogP contribution in [-0.4, -0.2) is 36.6 Å². The molecule has 0 aliphatic rings. The number of nitrogens with one attached hydrogen (secondary N) is 2.